The standard InChI is InChI=1S/C10H13N2O5S.Au/c1-4-2-12(10(18)11-8(4)16)9-7(15)6(14)5(3-13)17-9;/h2,5-7,9,13-15H,1,3H2,(H,11,16,18);/q-1;+1/t5-,6-,7-,9-;/m1./s1. The number of nitrogens with zero attached hydrogens (tertiary/aromatic N) is 1. The monoisotopic (exact) mass is 470 g/mol. The van der Waals surface area contributed by atoms with E-state index in [1.807, 2.05) is 0 Å². The van der Waals surface area contributed by atoms with Crippen molar-refractivity contribution in [2.45, 2.75) is 24.5 Å². The van der Waals surface area contributed by atoms with Crippen molar-refractivity contribution >= 4 is 12.2 Å². The predicted octanol–water partition coefficient (Wildman–Crippen LogP) is -1.30. The molecule has 2 heterocycles. The van der Waals surface area contributed by atoms with Crippen LogP contribution in [0.3, 0.4) is 0 Å². The maximum Gasteiger partial charge on any atom is 1.00 e. The molecule has 1 aromatic heterocycles. The van der Waals surface area contributed by atoms with Crippen LogP contribution in [0.25, 0.3) is 0 Å². The van der Waals surface area contributed by atoms with E-state index in [2.05, 4.69) is 11.9 Å². The third-order valence-electron chi connectivity index (χ3n) is 2.83. The van der Waals surface area contributed by atoms with Gasteiger partial charge in [-0.15, -0.1) is 5.56 Å². The summed E-state index contributed by atoms with van der Waals surface area (Å²) in [5.74, 6) is 0. The molecule has 0 spiro atoms. The number of aliphatic hydroxyl groups is 3. The minimum absolute atomic E-state index is 0. The third kappa shape index (κ3) is 3.01. The molecule has 0 amide bonds. The van der Waals surface area contributed by atoms with Crippen LogP contribution in [-0.4, -0.2) is 49.8 Å². The third-order valence-corrected chi connectivity index (χ3v) is 3.15. The number of rotatable bonds is 2. The summed E-state index contributed by atoms with van der Waals surface area (Å²) < 4.78 is 6.63. The summed E-state index contributed by atoms with van der Waals surface area (Å²) in [6, 6.07) is 0. The molecule has 1 aromatic rings. The molecule has 1 aliphatic heterocycles. The Hall–Kier alpha value is -0.450. The van der Waals surface area contributed by atoms with Gasteiger partial charge in [0.05, 0.1) is 6.61 Å². The van der Waals surface area contributed by atoms with Crippen LogP contribution in [-0.2, 0) is 27.1 Å². The first-order chi connectivity index (χ1) is 8.45. The quantitative estimate of drug-likeness (QED) is 0.243. The van der Waals surface area contributed by atoms with E-state index in [0.29, 0.717) is 0 Å². The molecular weight excluding hydrogens is 457 g/mol. The first-order valence-corrected chi connectivity index (χ1v) is 5.66. The van der Waals surface area contributed by atoms with Crippen LogP contribution in [0.1, 0.15) is 11.8 Å². The van der Waals surface area contributed by atoms with Gasteiger partial charge < -0.3 is 34.4 Å². The van der Waals surface area contributed by atoms with Crippen LogP contribution in [0, 0.1) is 11.7 Å². The van der Waals surface area contributed by atoms with Crippen molar-refractivity contribution in [3.63, 3.8) is 0 Å². The maximum absolute atomic E-state index is 11.3. The number of H-pyrrole nitrogens is 1. The average molecular weight is 470 g/mol. The molecule has 0 unspecified atom stereocenters. The normalized spacial score (nSPS) is 30.1. The molecule has 110 valence electrons. The molecule has 0 aromatic carbocycles. The van der Waals surface area contributed by atoms with Crippen LogP contribution in [0.5, 0.6) is 0 Å². The first-order valence-electron chi connectivity index (χ1n) is 5.25. The van der Waals surface area contributed by atoms with E-state index in [1.54, 1.807) is 0 Å². The Morgan fingerprint density at radius 1 is 1.47 bits per heavy atom. The second-order valence-corrected chi connectivity index (χ2v) is 4.44. The first kappa shape index (κ1) is 16.6. The Kier molecular flexibility index (Phi) is 5.53. The summed E-state index contributed by atoms with van der Waals surface area (Å²) in [5.41, 5.74) is -0.274. The van der Waals surface area contributed by atoms with Crippen molar-refractivity contribution in [3.05, 3.63) is 33.8 Å². The summed E-state index contributed by atoms with van der Waals surface area (Å²) in [6.45, 7) is 3.09. The second-order valence-electron chi connectivity index (χ2n) is 4.05. The van der Waals surface area contributed by atoms with Crippen molar-refractivity contribution in [1.29, 1.82) is 0 Å². The Labute approximate surface area is 129 Å². The van der Waals surface area contributed by atoms with Gasteiger partial charge in [0.25, 0.3) is 0 Å². The molecule has 1 aliphatic rings. The van der Waals surface area contributed by atoms with Gasteiger partial charge >= 0.3 is 22.4 Å². The minimum atomic E-state index is -1.25. The van der Waals surface area contributed by atoms with E-state index in [9.17, 15) is 15.0 Å². The van der Waals surface area contributed by atoms with Gasteiger partial charge in [0.15, 0.2) is 11.0 Å². The molecule has 1 fully saturated rings. The van der Waals surface area contributed by atoms with Gasteiger partial charge in [-0.1, -0.05) is 6.20 Å². The average Bonchev–Trinajstić information content (AvgIpc) is 2.61. The summed E-state index contributed by atoms with van der Waals surface area (Å²) in [7, 11) is 0. The zero-order chi connectivity index (χ0) is 13.4. The Morgan fingerprint density at radius 2 is 2.11 bits per heavy atom. The summed E-state index contributed by atoms with van der Waals surface area (Å²) in [4.78, 5) is 13.7. The maximum atomic E-state index is 11.3. The zero-order valence-corrected chi connectivity index (χ0v) is 12.6. The van der Waals surface area contributed by atoms with Crippen LogP contribution >= 0.6 is 12.2 Å². The number of hydrogen-bond acceptors (Lipinski definition) is 6. The molecule has 0 saturated carbocycles. The largest absolute Gasteiger partial charge is 1.00 e. The Bertz CT molecular complexity index is 560. The van der Waals surface area contributed by atoms with Gasteiger partial charge in [-0.3, -0.25) is 0 Å². The van der Waals surface area contributed by atoms with E-state index >= 15 is 0 Å². The Balaban J connectivity index is 0.00000180. The molecule has 0 bridgehead atoms. The molecule has 4 N–H and O–H groups in total. The van der Waals surface area contributed by atoms with Gasteiger partial charge in [-0.25, -0.2) is 0 Å². The fraction of sp³-hybridized carbons (Fsp3) is 0.500. The van der Waals surface area contributed by atoms with E-state index in [4.69, 9.17) is 22.1 Å². The molecule has 2 rings (SSSR count). The van der Waals surface area contributed by atoms with E-state index in [-0.39, 0.29) is 32.7 Å². The molecule has 0 radical (unpaired) electrons. The van der Waals surface area contributed by atoms with Crippen LogP contribution in [0.4, 0.5) is 0 Å². The SMILES string of the molecule is [Au+].[CH2-]c1cn([C@@H]2O[C@H](CO)[C@@H](O)[C@H]2O)c(=S)[nH]c1=O. The van der Waals surface area contributed by atoms with Crippen LogP contribution in [0.2, 0.25) is 0 Å². The zero-order valence-electron chi connectivity index (χ0n) is 9.62. The number of aromatic amines is 1. The molecule has 0 aliphatic carbocycles. The van der Waals surface area contributed by atoms with Gasteiger partial charge in [-0.2, -0.15) is 6.92 Å². The fourth-order valence-corrected chi connectivity index (χ4v) is 2.08. The van der Waals surface area contributed by atoms with Gasteiger partial charge in [-0.05, 0) is 12.2 Å². The summed E-state index contributed by atoms with van der Waals surface area (Å²) in [5, 5.41) is 28.5. The van der Waals surface area contributed by atoms with E-state index in [0.717, 1.165) is 0 Å². The molecule has 7 nitrogen and oxygen atoms in total. The molecule has 4 atom stereocenters. The molecular formula is C10H13AuN2O5S. The van der Waals surface area contributed by atoms with Crippen LogP contribution in [0.15, 0.2) is 11.0 Å². The number of nitrogens with one attached hydrogen (secondary N) is 1. The predicted molar refractivity (Wildman–Crippen MR) is 63.4 cm³/mol. The number of aromatic nitrogens is 2. The number of aliphatic hydroxyl groups excluding tert-OH is 3. The number of ether oxygens (including phenoxy) is 1. The Morgan fingerprint density at radius 3 is 2.63 bits per heavy atom. The molecule has 19 heavy (non-hydrogen) atoms. The van der Waals surface area contributed by atoms with Gasteiger partial charge in [0.2, 0.25) is 0 Å². The summed E-state index contributed by atoms with van der Waals surface area (Å²) in [6.07, 6.45) is -3.00. The number of hydrogen-bond donors (Lipinski definition) is 4. The van der Waals surface area contributed by atoms with Crippen molar-refractivity contribution < 1.29 is 42.4 Å². The smallest absolute Gasteiger partial charge is 0.394 e. The van der Waals surface area contributed by atoms with Crippen molar-refractivity contribution in [2.24, 2.45) is 0 Å². The van der Waals surface area contributed by atoms with Crippen molar-refractivity contribution in [3.8, 4) is 0 Å². The molecule has 1 saturated heterocycles. The molecule has 9 heteroatoms. The fourth-order valence-electron chi connectivity index (χ4n) is 1.83. The minimum Gasteiger partial charge on any atom is -0.394 e. The van der Waals surface area contributed by atoms with Crippen LogP contribution < -0.4 is 5.56 Å². The second kappa shape index (κ2) is 6.33. The topological polar surface area (TPSA) is 108 Å². The van der Waals surface area contributed by atoms with Gasteiger partial charge in [0, 0.05) is 0 Å². The van der Waals surface area contributed by atoms with E-state index < -0.39 is 36.7 Å². The van der Waals surface area contributed by atoms with E-state index in [1.165, 1.54) is 10.8 Å². The van der Waals surface area contributed by atoms with Crippen molar-refractivity contribution in [2.75, 3.05) is 6.61 Å². The van der Waals surface area contributed by atoms with Gasteiger partial charge in [0.1, 0.15) is 23.9 Å². The summed E-state index contributed by atoms with van der Waals surface area (Å²) >= 11 is 4.95. The van der Waals surface area contributed by atoms with Crippen molar-refractivity contribution in [1.82, 2.24) is 9.55 Å².